The molecule has 0 saturated carbocycles. The Morgan fingerprint density at radius 2 is 1.74 bits per heavy atom. The van der Waals surface area contributed by atoms with Crippen molar-refractivity contribution in [3.63, 3.8) is 0 Å². The van der Waals surface area contributed by atoms with Crippen LogP contribution in [-0.4, -0.2) is 32.3 Å². The second-order valence-corrected chi connectivity index (χ2v) is 6.77. The van der Waals surface area contributed by atoms with Gasteiger partial charge in [-0.1, -0.05) is 58.5 Å². The molecule has 27 heavy (non-hydrogen) atoms. The van der Waals surface area contributed by atoms with E-state index in [4.69, 9.17) is 46.4 Å². The number of rotatable bonds is 5. The topological polar surface area (TPSA) is 85.1 Å². The lowest BCUT2D eigenvalue weighted by molar-refractivity contribution is -0.122. The van der Waals surface area contributed by atoms with E-state index in [0.29, 0.717) is 31.2 Å². The zero-order chi connectivity index (χ0) is 19.4. The first-order chi connectivity index (χ1) is 13.0. The smallest absolute Gasteiger partial charge is 0.263 e. The number of halogens is 4. The Morgan fingerprint density at radius 1 is 1.07 bits per heavy atom. The minimum absolute atomic E-state index is 0.196. The number of nitrogens with one attached hydrogen (secondary N) is 1. The zero-order valence-corrected chi connectivity index (χ0v) is 16.4. The van der Waals surface area contributed by atoms with Gasteiger partial charge < -0.3 is 0 Å². The van der Waals surface area contributed by atoms with Crippen LogP contribution in [0.2, 0.25) is 20.1 Å². The van der Waals surface area contributed by atoms with Crippen molar-refractivity contribution in [1.82, 2.24) is 25.6 Å². The summed E-state index contributed by atoms with van der Waals surface area (Å²) in [6, 6.07) is 10.1. The molecule has 11 heteroatoms. The maximum atomic E-state index is 12.0. The number of hydrazone groups is 1. The summed E-state index contributed by atoms with van der Waals surface area (Å²) in [5, 5.41) is 17.2. The van der Waals surface area contributed by atoms with Crippen molar-refractivity contribution < 1.29 is 4.79 Å². The highest BCUT2D eigenvalue weighted by Crippen LogP contribution is 2.31. The molecule has 0 bridgehead atoms. The fourth-order valence-corrected chi connectivity index (χ4v) is 2.94. The maximum Gasteiger partial charge on any atom is 0.263 e. The lowest BCUT2D eigenvalue weighted by Crippen LogP contribution is -2.24. The van der Waals surface area contributed by atoms with E-state index >= 15 is 0 Å². The Hall–Kier alpha value is -2.19. The average Bonchev–Trinajstić information content (AvgIpc) is 3.08. The van der Waals surface area contributed by atoms with E-state index in [1.807, 2.05) is 0 Å². The van der Waals surface area contributed by atoms with Gasteiger partial charge in [0, 0.05) is 11.1 Å². The molecule has 0 fully saturated rings. The van der Waals surface area contributed by atoms with Gasteiger partial charge in [0.05, 0.1) is 26.3 Å². The molecule has 0 aliphatic heterocycles. The molecule has 7 nitrogen and oxygen atoms in total. The number of nitrogens with zero attached hydrogens (tertiary/aromatic N) is 5. The van der Waals surface area contributed by atoms with Gasteiger partial charge in [-0.05, 0) is 29.5 Å². The fraction of sp³-hybridized carbons (Fsp3) is 0.0625. The normalized spacial score (nSPS) is 11.1. The molecule has 0 atom stereocenters. The summed E-state index contributed by atoms with van der Waals surface area (Å²) in [6.07, 6.45) is 1.36. The molecule has 0 saturated heterocycles. The molecule has 2 aromatic carbocycles. The molecule has 3 aromatic rings. The molecule has 138 valence electrons. The van der Waals surface area contributed by atoms with Gasteiger partial charge in [-0.25, -0.2) is 5.43 Å². The molecule has 0 spiro atoms. The zero-order valence-electron chi connectivity index (χ0n) is 13.4. The first kappa shape index (κ1) is 19.6. The van der Waals surface area contributed by atoms with Crippen molar-refractivity contribution in [1.29, 1.82) is 0 Å². The molecule has 0 unspecified atom stereocenters. The number of amides is 1. The van der Waals surface area contributed by atoms with Crippen LogP contribution in [0.3, 0.4) is 0 Å². The van der Waals surface area contributed by atoms with E-state index in [-0.39, 0.29) is 12.4 Å². The first-order valence-corrected chi connectivity index (χ1v) is 8.95. The van der Waals surface area contributed by atoms with E-state index in [1.165, 1.54) is 6.21 Å². The highest BCUT2D eigenvalue weighted by Gasteiger charge is 2.13. The average molecular weight is 444 g/mol. The number of benzene rings is 2. The summed E-state index contributed by atoms with van der Waals surface area (Å²) in [5.74, 6) is -0.211. The van der Waals surface area contributed by atoms with Crippen molar-refractivity contribution in [3.05, 3.63) is 62.1 Å². The van der Waals surface area contributed by atoms with Crippen LogP contribution in [0.4, 0.5) is 0 Å². The Balaban J connectivity index is 1.65. The van der Waals surface area contributed by atoms with Crippen molar-refractivity contribution >= 4 is 58.5 Å². The number of aromatic nitrogens is 4. The van der Waals surface area contributed by atoms with Crippen LogP contribution < -0.4 is 5.43 Å². The van der Waals surface area contributed by atoms with E-state index in [1.54, 1.807) is 36.4 Å². The van der Waals surface area contributed by atoms with E-state index in [0.717, 1.165) is 4.80 Å². The van der Waals surface area contributed by atoms with Crippen LogP contribution >= 0.6 is 46.4 Å². The molecule has 0 aliphatic rings. The van der Waals surface area contributed by atoms with Crippen molar-refractivity contribution in [2.75, 3.05) is 0 Å². The number of hydrogen-bond donors (Lipinski definition) is 1. The van der Waals surface area contributed by atoms with Gasteiger partial charge >= 0.3 is 0 Å². The van der Waals surface area contributed by atoms with Crippen LogP contribution in [0.5, 0.6) is 0 Å². The summed E-state index contributed by atoms with van der Waals surface area (Å²) in [7, 11) is 0. The van der Waals surface area contributed by atoms with Crippen LogP contribution in [0.25, 0.3) is 11.4 Å². The SMILES string of the molecule is O=C(Cn1nnc(-c2cccc(Cl)c2Cl)n1)N/N=C/c1c(Cl)cccc1Cl. The predicted molar refractivity (Wildman–Crippen MR) is 105 cm³/mol. The number of hydrogen-bond acceptors (Lipinski definition) is 5. The molecule has 0 aliphatic carbocycles. The maximum absolute atomic E-state index is 12.0. The Morgan fingerprint density at radius 3 is 2.48 bits per heavy atom. The van der Waals surface area contributed by atoms with Gasteiger partial charge in [0.25, 0.3) is 5.91 Å². The minimum atomic E-state index is -0.462. The van der Waals surface area contributed by atoms with Gasteiger partial charge in [-0.3, -0.25) is 4.79 Å². The second kappa shape index (κ2) is 8.67. The van der Waals surface area contributed by atoms with Gasteiger partial charge in [-0.15, -0.1) is 10.2 Å². The highest BCUT2D eigenvalue weighted by molar-refractivity contribution is 6.43. The van der Waals surface area contributed by atoms with Gasteiger partial charge in [0.2, 0.25) is 5.82 Å². The summed E-state index contributed by atoms with van der Waals surface area (Å²) >= 11 is 24.1. The second-order valence-electron chi connectivity index (χ2n) is 5.17. The molecule has 1 heterocycles. The summed E-state index contributed by atoms with van der Waals surface area (Å²) < 4.78 is 0. The number of carbonyl (C=O) groups is 1. The van der Waals surface area contributed by atoms with Crippen LogP contribution in [0.1, 0.15) is 5.56 Å². The Bertz CT molecular complexity index is 1000. The molecule has 1 N–H and O–H groups in total. The largest absolute Gasteiger partial charge is 0.271 e. The monoisotopic (exact) mass is 442 g/mol. The third-order valence-corrected chi connectivity index (χ3v) is 4.79. The standard InChI is InChI=1S/C16H10Cl4N6O/c17-11-4-2-5-12(18)10(11)7-21-22-14(27)8-26-24-16(23-25-26)9-3-1-6-13(19)15(9)20/h1-7H,8H2,(H,22,27)/b21-7+. The number of carbonyl (C=O) groups excluding carboxylic acids is 1. The van der Waals surface area contributed by atoms with Crippen molar-refractivity contribution in [2.45, 2.75) is 6.54 Å². The van der Waals surface area contributed by atoms with E-state index in [2.05, 4.69) is 25.9 Å². The molecule has 1 aromatic heterocycles. The Kier molecular flexibility index (Phi) is 6.28. The number of tetrazole rings is 1. The summed E-state index contributed by atoms with van der Waals surface area (Å²) in [6.45, 7) is -0.196. The van der Waals surface area contributed by atoms with E-state index < -0.39 is 5.91 Å². The molecular weight excluding hydrogens is 434 g/mol. The van der Waals surface area contributed by atoms with Gasteiger partial charge in [0.15, 0.2) is 0 Å². The summed E-state index contributed by atoms with van der Waals surface area (Å²) in [4.78, 5) is 13.1. The minimum Gasteiger partial charge on any atom is -0.271 e. The lowest BCUT2D eigenvalue weighted by atomic mass is 10.2. The fourth-order valence-electron chi connectivity index (χ4n) is 2.06. The first-order valence-electron chi connectivity index (χ1n) is 7.44. The van der Waals surface area contributed by atoms with Crippen molar-refractivity contribution in [2.24, 2.45) is 5.10 Å². The summed E-state index contributed by atoms with van der Waals surface area (Å²) in [5.41, 5.74) is 3.36. The van der Waals surface area contributed by atoms with Crippen LogP contribution in [0, 0.1) is 0 Å². The molecule has 3 rings (SSSR count). The van der Waals surface area contributed by atoms with E-state index in [9.17, 15) is 4.79 Å². The van der Waals surface area contributed by atoms with Gasteiger partial charge in [0.1, 0.15) is 6.54 Å². The predicted octanol–water partition coefficient (Wildman–Crippen LogP) is 4.10. The third-order valence-electron chi connectivity index (χ3n) is 3.31. The van der Waals surface area contributed by atoms with Crippen molar-refractivity contribution in [3.8, 4) is 11.4 Å². The molecule has 0 radical (unpaired) electrons. The quantitative estimate of drug-likeness (QED) is 0.475. The molecular formula is C16H10Cl4N6O. The lowest BCUT2D eigenvalue weighted by Gasteiger charge is -2.01. The van der Waals surface area contributed by atoms with Crippen LogP contribution in [-0.2, 0) is 11.3 Å². The highest BCUT2D eigenvalue weighted by atomic mass is 35.5. The van der Waals surface area contributed by atoms with Crippen LogP contribution in [0.15, 0.2) is 41.5 Å². The van der Waals surface area contributed by atoms with Gasteiger partial charge in [-0.2, -0.15) is 9.90 Å². The third kappa shape index (κ3) is 4.75. The molecule has 1 amide bonds. The Labute approximate surface area is 173 Å².